The number of allylic oxidation sites excluding steroid dienone is 1. The molecule has 21 heavy (non-hydrogen) atoms. The molecule has 0 fully saturated rings. The quantitative estimate of drug-likeness (QED) is 0.371. The van der Waals surface area contributed by atoms with Gasteiger partial charge in [0.1, 0.15) is 18.0 Å². The molecule has 0 saturated heterocycles. The molecule has 0 aliphatic carbocycles. The second-order valence-electron chi connectivity index (χ2n) is 5.53. The van der Waals surface area contributed by atoms with Crippen LogP contribution in [0.4, 0.5) is 4.39 Å². The van der Waals surface area contributed by atoms with E-state index in [-0.39, 0.29) is 0 Å². The molecule has 0 N–H and O–H groups in total. The molecule has 0 amide bonds. The molecule has 1 aromatic rings. The van der Waals surface area contributed by atoms with Crippen LogP contribution in [-0.4, -0.2) is 12.3 Å². The van der Waals surface area contributed by atoms with Crippen LogP contribution >= 0.6 is 0 Å². The highest BCUT2D eigenvalue weighted by Gasteiger charge is 2.18. The maximum atomic E-state index is 14.2. The van der Waals surface area contributed by atoms with Gasteiger partial charge in [0, 0.05) is 5.56 Å². The highest BCUT2D eigenvalue weighted by molar-refractivity contribution is 5.59. The van der Waals surface area contributed by atoms with Gasteiger partial charge in [0.25, 0.3) is 0 Å². The minimum absolute atomic E-state index is 0.398. The molecule has 1 aromatic carbocycles. The molecule has 0 aliphatic rings. The van der Waals surface area contributed by atoms with E-state index in [2.05, 4.69) is 13.8 Å². The number of benzene rings is 1. The summed E-state index contributed by atoms with van der Waals surface area (Å²) >= 11 is 0. The Morgan fingerprint density at radius 1 is 1.14 bits per heavy atom. The zero-order valence-corrected chi connectivity index (χ0v) is 13.6. The van der Waals surface area contributed by atoms with E-state index in [1.54, 1.807) is 0 Å². The van der Waals surface area contributed by atoms with Crippen molar-refractivity contribution in [1.29, 1.82) is 0 Å². The van der Waals surface area contributed by atoms with Crippen LogP contribution in [-0.2, 0) is 4.74 Å². The summed E-state index contributed by atoms with van der Waals surface area (Å²) in [6.07, 6.45) is 6.62. The Bertz CT molecular complexity index is 399. The van der Waals surface area contributed by atoms with Crippen molar-refractivity contribution in [2.45, 2.75) is 71.6 Å². The second kappa shape index (κ2) is 10.4. The van der Waals surface area contributed by atoms with Gasteiger partial charge < -0.3 is 4.74 Å². The first-order chi connectivity index (χ1) is 10.2. The smallest absolute Gasteiger partial charge is 0.136 e. The van der Waals surface area contributed by atoms with Crippen LogP contribution in [0, 0.1) is 0 Å². The minimum atomic E-state index is -0.897. The minimum Gasteiger partial charge on any atom is -0.487 e. The Kier molecular flexibility index (Phi) is 8.80. The monoisotopic (exact) mass is 292 g/mol. The third-order valence-electron chi connectivity index (χ3n) is 3.60. The summed E-state index contributed by atoms with van der Waals surface area (Å²) in [6.45, 7) is 6.06. The van der Waals surface area contributed by atoms with Gasteiger partial charge >= 0.3 is 0 Å². The third kappa shape index (κ3) is 6.79. The largest absolute Gasteiger partial charge is 0.487 e. The zero-order chi connectivity index (χ0) is 15.5. The summed E-state index contributed by atoms with van der Waals surface area (Å²) in [6, 6.07) is 9.93. The van der Waals surface area contributed by atoms with Crippen LogP contribution in [0.5, 0.6) is 0 Å². The SMILES string of the molecule is CCC=C(OC(C)C(F)CCCCCC)c1ccccc1. The van der Waals surface area contributed by atoms with E-state index in [9.17, 15) is 4.39 Å². The van der Waals surface area contributed by atoms with E-state index in [1.165, 1.54) is 12.8 Å². The Morgan fingerprint density at radius 3 is 2.48 bits per heavy atom. The van der Waals surface area contributed by atoms with Crippen LogP contribution in [0.2, 0.25) is 0 Å². The molecule has 1 rings (SSSR count). The summed E-state index contributed by atoms with van der Waals surface area (Å²) in [4.78, 5) is 0. The van der Waals surface area contributed by atoms with E-state index in [1.807, 2.05) is 43.3 Å². The lowest BCUT2D eigenvalue weighted by molar-refractivity contribution is 0.0831. The molecule has 2 atom stereocenters. The normalized spacial score (nSPS) is 14.8. The van der Waals surface area contributed by atoms with Crippen molar-refractivity contribution in [3.05, 3.63) is 42.0 Å². The molecule has 2 heteroatoms. The molecule has 0 aromatic heterocycles. The number of hydrogen-bond acceptors (Lipinski definition) is 1. The number of halogens is 1. The van der Waals surface area contributed by atoms with Gasteiger partial charge in [-0.15, -0.1) is 0 Å². The van der Waals surface area contributed by atoms with Gasteiger partial charge in [-0.1, -0.05) is 69.9 Å². The fourth-order valence-electron chi connectivity index (χ4n) is 2.30. The fourth-order valence-corrected chi connectivity index (χ4v) is 2.30. The predicted octanol–water partition coefficient (Wildman–Crippen LogP) is 6.15. The molecule has 0 heterocycles. The van der Waals surface area contributed by atoms with Crippen molar-refractivity contribution in [3.63, 3.8) is 0 Å². The molecular formula is C19H29FO. The van der Waals surface area contributed by atoms with E-state index < -0.39 is 12.3 Å². The molecule has 0 radical (unpaired) electrons. The van der Waals surface area contributed by atoms with Crippen molar-refractivity contribution in [2.24, 2.45) is 0 Å². The maximum Gasteiger partial charge on any atom is 0.136 e. The van der Waals surface area contributed by atoms with E-state index in [0.717, 1.165) is 30.6 Å². The lowest BCUT2D eigenvalue weighted by Gasteiger charge is -2.21. The summed E-state index contributed by atoms with van der Waals surface area (Å²) in [7, 11) is 0. The van der Waals surface area contributed by atoms with Crippen molar-refractivity contribution >= 4 is 5.76 Å². The molecule has 0 aliphatic heterocycles. The molecule has 0 spiro atoms. The fraction of sp³-hybridized carbons (Fsp3) is 0.579. The van der Waals surface area contributed by atoms with Crippen LogP contribution < -0.4 is 0 Å². The Labute approximate surface area is 129 Å². The molecule has 118 valence electrons. The standard InChI is InChI=1S/C19H29FO/c1-4-6-7-11-15-18(20)16(3)21-19(12-5-2)17-13-9-8-10-14-17/h8-10,12-14,16,18H,4-7,11,15H2,1-3H3. The van der Waals surface area contributed by atoms with Gasteiger partial charge in [0.05, 0.1) is 0 Å². The number of rotatable bonds is 10. The van der Waals surface area contributed by atoms with E-state index in [4.69, 9.17) is 4.74 Å². The Hall–Kier alpha value is -1.31. The number of hydrogen-bond donors (Lipinski definition) is 0. The van der Waals surface area contributed by atoms with Gasteiger partial charge in [-0.3, -0.25) is 0 Å². The van der Waals surface area contributed by atoms with Crippen LogP contribution in [0.15, 0.2) is 36.4 Å². The van der Waals surface area contributed by atoms with Gasteiger partial charge in [-0.05, 0) is 25.8 Å². The molecule has 2 unspecified atom stereocenters. The van der Waals surface area contributed by atoms with Gasteiger partial charge in [0.2, 0.25) is 0 Å². The summed E-state index contributed by atoms with van der Waals surface area (Å²) in [5.74, 6) is 0.793. The lowest BCUT2D eigenvalue weighted by Crippen LogP contribution is -2.21. The van der Waals surface area contributed by atoms with Crippen molar-refractivity contribution in [1.82, 2.24) is 0 Å². The second-order valence-corrected chi connectivity index (χ2v) is 5.53. The average molecular weight is 292 g/mol. The molecule has 0 bridgehead atoms. The van der Waals surface area contributed by atoms with Crippen LogP contribution in [0.25, 0.3) is 5.76 Å². The highest BCUT2D eigenvalue weighted by atomic mass is 19.1. The Balaban J connectivity index is 2.53. The van der Waals surface area contributed by atoms with Gasteiger partial charge in [-0.25, -0.2) is 4.39 Å². The topological polar surface area (TPSA) is 9.23 Å². The number of ether oxygens (including phenoxy) is 1. The van der Waals surface area contributed by atoms with E-state index in [0.29, 0.717) is 6.42 Å². The first kappa shape index (κ1) is 17.7. The maximum absolute atomic E-state index is 14.2. The van der Waals surface area contributed by atoms with Gasteiger partial charge in [-0.2, -0.15) is 0 Å². The predicted molar refractivity (Wildman–Crippen MR) is 88.9 cm³/mol. The first-order valence-corrected chi connectivity index (χ1v) is 8.25. The zero-order valence-electron chi connectivity index (χ0n) is 13.6. The lowest BCUT2D eigenvalue weighted by atomic mass is 10.1. The molecular weight excluding hydrogens is 263 g/mol. The van der Waals surface area contributed by atoms with Crippen LogP contribution in [0.1, 0.15) is 64.9 Å². The molecule has 1 nitrogen and oxygen atoms in total. The van der Waals surface area contributed by atoms with Crippen LogP contribution in [0.3, 0.4) is 0 Å². The van der Waals surface area contributed by atoms with Gasteiger partial charge in [0.15, 0.2) is 0 Å². The first-order valence-electron chi connectivity index (χ1n) is 8.25. The third-order valence-corrected chi connectivity index (χ3v) is 3.60. The van der Waals surface area contributed by atoms with Crippen molar-refractivity contribution in [2.75, 3.05) is 0 Å². The van der Waals surface area contributed by atoms with Crippen molar-refractivity contribution in [3.8, 4) is 0 Å². The number of alkyl halides is 1. The van der Waals surface area contributed by atoms with Crippen molar-refractivity contribution < 1.29 is 9.13 Å². The average Bonchev–Trinajstić information content (AvgIpc) is 2.51. The summed E-state index contributed by atoms with van der Waals surface area (Å²) < 4.78 is 20.1. The number of unbranched alkanes of at least 4 members (excludes halogenated alkanes) is 3. The highest BCUT2D eigenvalue weighted by Crippen LogP contribution is 2.22. The summed E-state index contributed by atoms with van der Waals surface area (Å²) in [5.41, 5.74) is 1.02. The summed E-state index contributed by atoms with van der Waals surface area (Å²) in [5, 5.41) is 0. The Morgan fingerprint density at radius 2 is 1.86 bits per heavy atom. The van der Waals surface area contributed by atoms with E-state index >= 15 is 0 Å². The molecule has 0 saturated carbocycles.